The zero-order chi connectivity index (χ0) is 33.8. The number of carbonyl (C=O) groups is 1. The zero-order valence-corrected chi connectivity index (χ0v) is 29.5. The number of ether oxygens (including phenoxy) is 1. The molecule has 2 saturated carbocycles. The Labute approximate surface area is 284 Å². The summed E-state index contributed by atoms with van der Waals surface area (Å²) in [6, 6.07) is -1.76. The third-order valence-corrected chi connectivity index (χ3v) is 13.9. The maximum absolute atomic E-state index is 14.1. The van der Waals surface area contributed by atoms with E-state index in [9.17, 15) is 27.9 Å². The molecule has 10 unspecified atom stereocenters. The van der Waals surface area contributed by atoms with E-state index in [2.05, 4.69) is 12.2 Å². The summed E-state index contributed by atoms with van der Waals surface area (Å²) in [6.07, 6.45) is 1.60. The van der Waals surface area contributed by atoms with Gasteiger partial charge in [-0.2, -0.15) is 24.9 Å². The number of aryl methyl sites for hydroxylation is 1. The molecule has 0 radical (unpaired) electrons. The van der Waals surface area contributed by atoms with Crippen molar-refractivity contribution >= 4 is 29.3 Å². The van der Waals surface area contributed by atoms with E-state index >= 15 is 0 Å². The first-order valence-electron chi connectivity index (χ1n) is 17.6. The number of hydrogen-bond acceptors (Lipinski definition) is 7. The number of hydrogen-bond donors (Lipinski definition) is 2. The average molecular weight is 703 g/mol. The van der Waals surface area contributed by atoms with Crippen molar-refractivity contribution in [2.24, 2.45) is 17.8 Å². The summed E-state index contributed by atoms with van der Waals surface area (Å²) in [5.74, 6) is 0.543. The Hall–Kier alpha value is -1.34. The van der Waals surface area contributed by atoms with Gasteiger partial charge >= 0.3 is 12.1 Å². The lowest BCUT2D eigenvalue weighted by molar-refractivity contribution is -0.191. The van der Waals surface area contributed by atoms with Gasteiger partial charge in [0.15, 0.2) is 0 Å². The van der Waals surface area contributed by atoms with Crippen LogP contribution in [0.3, 0.4) is 0 Å². The van der Waals surface area contributed by atoms with E-state index in [0.717, 1.165) is 44.2 Å². The molecule has 8 nitrogen and oxygen atoms in total. The molecule has 10 atom stereocenters. The van der Waals surface area contributed by atoms with Crippen molar-refractivity contribution in [3.05, 3.63) is 27.4 Å². The number of alkyl halides is 4. The minimum Gasteiger partial charge on any atom is -0.481 e. The molecule has 264 valence electrons. The van der Waals surface area contributed by atoms with Crippen LogP contribution in [-0.4, -0.2) is 91.5 Å². The highest BCUT2D eigenvalue weighted by atomic mass is 35.5. The van der Waals surface area contributed by atoms with Crippen LogP contribution < -0.4 is 10.9 Å². The van der Waals surface area contributed by atoms with Crippen LogP contribution in [0.1, 0.15) is 89.2 Å². The molecule has 6 rings (SSSR count). The number of nitrogens with one attached hydrogen (secondary N) is 1. The quantitative estimate of drug-likeness (QED) is 0.307. The number of carboxylic acids is 1. The van der Waals surface area contributed by atoms with Gasteiger partial charge in [-0.1, -0.05) is 13.8 Å². The number of aliphatic carboxylic acids is 1. The Bertz CT molecular complexity index is 1380. The average Bonchev–Trinajstić information content (AvgIpc) is 3.64. The highest BCUT2D eigenvalue weighted by molar-refractivity contribution is 8.00. The first-order chi connectivity index (χ1) is 22.3. The molecule has 3 heterocycles. The van der Waals surface area contributed by atoms with E-state index in [4.69, 9.17) is 21.3 Å². The molecule has 5 aliphatic rings. The summed E-state index contributed by atoms with van der Waals surface area (Å²) < 4.78 is 50.4. The van der Waals surface area contributed by atoms with Crippen LogP contribution in [0.15, 0.2) is 4.79 Å². The predicted octanol–water partition coefficient (Wildman–Crippen LogP) is 5.54. The van der Waals surface area contributed by atoms with E-state index in [0.29, 0.717) is 36.7 Å². The molecule has 1 spiro atoms. The van der Waals surface area contributed by atoms with Crippen LogP contribution in [-0.2, 0) is 27.9 Å². The lowest BCUT2D eigenvalue weighted by Crippen LogP contribution is -2.57. The van der Waals surface area contributed by atoms with Crippen molar-refractivity contribution in [1.82, 2.24) is 19.8 Å². The highest BCUT2D eigenvalue weighted by Gasteiger charge is 2.55. The van der Waals surface area contributed by atoms with Gasteiger partial charge in [0.05, 0.1) is 30.9 Å². The maximum atomic E-state index is 14.1. The standard InChI is InChI=1S/C34H50ClF3N4O4S/c1-5-27(34(36,37)38)41(6-2)21-15-24-30(33(16-21)9-10-33)40-19(4)42(31(24)43)11-12-46-26-8-7-20(35)14-22(26)23-13-18(3)39-28-25(32(44)45)17-47-29(23)28/h18,20-23,25-29,39H,5-17H2,1-4H3,(H,44,45). The lowest BCUT2D eigenvalue weighted by atomic mass is 9.70. The van der Waals surface area contributed by atoms with Crippen LogP contribution in [0.25, 0.3) is 0 Å². The van der Waals surface area contributed by atoms with E-state index in [1.165, 1.54) is 0 Å². The van der Waals surface area contributed by atoms with E-state index in [-0.39, 0.29) is 77.1 Å². The third-order valence-electron chi connectivity index (χ3n) is 11.9. The van der Waals surface area contributed by atoms with E-state index in [1.807, 2.05) is 6.92 Å². The molecule has 47 heavy (non-hydrogen) atoms. The second kappa shape index (κ2) is 13.8. The Morgan fingerprint density at radius 2 is 2.00 bits per heavy atom. The SMILES string of the molecule is CCC(N(CC)C1Cc2c(nc(C)n(CCOC3CCC(Cl)CC3C3CC(C)NC4C(C(=O)O)CSC34)c2=O)C2(CC2)C1)C(F)(F)F. The first kappa shape index (κ1) is 35.5. The largest absolute Gasteiger partial charge is 0.481 e. The number of fused-ring (bicyclic) bond motifs is 3. The number of carboxylic acid groups (broad SMARTS) is 1. The zero-order valence-electron chi connectivity index (χ0n) is 27.9. The number of nitrogens with zero attached hydrogens (tertiary/aromatic N) is 3. The Morgan fingerprint density at radius 3 is 2.64 bits per heavy atom. The van der Waals surface area contributed by atoms with Crippen molar-refractivity contribution in [1.29, 1.82) is 0 Å². The van der Waals surface area contributed by atoms with Gasteiger partial charge in [-0.15, -0.1) is 11.6 Å². The fourth-order valence-corrected chi connectivity index (χ4v) is 11.7. The monoisotopic (exact) mass is 702 g/mol. The van der Waals surface area contributed by atoms with Crippen molar-refractivity contribution < 1.29 is 27.8 Å². The summed E-state index contributed by atoms with van der Waals surface area (Å²) >= 11 is 8.49. The molecule has 0 bridgehead atoms. The molecule has 4 fully saturated rings. The van der Waals surface area contributed by atoms with Crippen molar-refractivity contribution in [3.63, 3.8) is 0 Å². The summed E-state index contributed by atoms with van der Waals surface area (Å²) in [4.78, 5) is 32.6. The highest BCUT2D eigenvalue weighted by Crippen LogP contribution is 2.55. The van der Waals surface area contributed by atoms with Gasteiger partial charge in [-0.25, -0.2) is 4.98 Å². The Balaban J connectivity index is 1.19. The van der Waals surface area contributed by atoms with Gasteiger partial charge in [0.1, 0.15) is 11.9 Å². The molecular formula is C34H50ClF3N4O4S. The van der Waals surface area contributed by atoms with Crippen molar-refractivity contribution in [2.45, 2.75) is 145 Å². The second-order valence-electron chi connectivity index (χ2n) is 14.8. The minimum atomic E-state index is -4.33. The van der Waals surface area contributed by atoms with Gasteiger partial charge in [0.2, 0.25) is 0 Å². The number of rotatable bonds is 10. The Morgan fingerprint density at radius 1 is 1.26 bits per heavy atom. The molecule has 0 amide bonds. The topological polar surface area (TPSA) is 96.7 Å². The van der Waals surface area contributed by atoms with Gasteiger partial charge in [-0.05, 0) is 90.0 Å². The van der Waals surface area contributed by atoms with Gasteiger partial charge < -0.3 is 15.2 Å². The normalized spacial score (nSPS) is 35.5. The van der Waals surface area contributed by atoms with Crippen LogP contribution >= 0.6 is 23.4 Å². The molecule has 13 heteroatoms. The van der Waals surface area contributed by atoms with Crippen molar-refractivity contribution in [2.75, 3.05) is 18.9 Å². The number of piperidine rings is 1. The third kappa shape index (κ3) is 6.88. The molecular weight excluding hydrogens is 653 g/mol. The second-order valence-corrected chi connectivity index (χ2v) is 16.6. The molecule has 1 aromatic heterocycles. The Kier molecular flexibility index (Phi) is 10.4. The summed E-state index contributed by atoms with van der Waals surface area (Å²) in [5.41, 5.74) is 0.917. The number of thioether (sulfide) groups is 1. The fraction of sp³-hybridized carbons (Fsp3) is 0.853. The molecule has 0 aromatic carbocycles. The summed E-state index contributed by atoms with van der Waals surface area (Å²) in [5, 5.41) is 13.7. The van der Waals surface area contributed by atoms with Gasteiger partial charge in [0.25, 0.3) is 5.56 Å². The molecule has 2 saturated heterocycles. The fourth-order valence-electron chi connectivity index (χ4n) is 9.57. The van der Waals surface area contributed by atoms with Crippen LogP contribution in [0.2, 0.25) is 0 Å². The van der Waals surface area contributed by atoms with Crippen molar-refractivity contribution in [3.8, 4) is 0 Å². The maximum Gasteiger partial charge on any atom is 0.404 e. The predicted molar refractivity (Wildman–Crippen MR) is 177 cm³/mol. The van der Waals surface area contributed by atoms with Crippen LogP contribution in [0.4, 0.5) is 13.2 Å². The minimum absolute atomic E-state index is 0.0233. The van der Waals surface area contributed by atoms with Crippen LogP contribution in [0.5, 0.6) is 0 Å². The lowest BCUT2D eigenvalue weighted by Gasteiger charge is -2.47. The van der Waals surface area contributed by atoms with Gasteiger partial charge in [0, 0.05) is 45.5 Å². The van der Waals surface area contributed by atoms with E-state index in [1.54, 1.807) is 35.1 Å². The van der Waals surface area contributed by atoms with Crippen LogP contribution in [0, 0.1) is 24.7 Å². The van der Waals surface area contributed by atoms with E-state index < -0.39 is 24.1 Å². The number of aromatic nitrogens is 2. The smallest absolute Gasteiger partial charge is 0.404 e. The molecule has 1 aromatic rings. The molecule has 3 aliphatic carbocycles. The van der Waals surface area contributed by atoms with Gasteiger partial charge in [-0.3, -0.25) is 19.1 Å². The summed E-state index contributed by atoms with van der Waals surface area (Å²) in [7, 11) is 0. The molecule has 2 N–H and O–H groups in total. The first-order valence-corrected chi connectivity index (χ1v) is 19.1. The number of halogens is 4. The summed E-state index contributed by atoms with van der Waals surface area (Å²) in [6.45, 7) is 8.23. The number of likely N-dealkylation sites (N-methyl/N-ethyl adjacent to an activating group) is 1. The molecule has 2 aliphatic heterocycles.